The number of likely N-dealkylation sites (N-methyl/N-ethyl adjacent to an activating group) is 1. The lowest BCUT2D eigenvalue weighted by atomic mass is 9.85. The van der Waals surface area contributed by atoms with Gasteiger partial charge < -0.3 is 10.2 Å². The highest BCUT2D eigenvalue weighted by Crippen LogP contribution is 2.25. The van der Waals surface area contributed by atoms with E-state index in [2.05, 4.69) is 45.9 Å². The van der Waals surface area contributed by atoms with Gasteiger partial charge in [0, 0.05) is 13.1 Å². The summed E-state index contributed by atoms with van der Waals surface area (Å²) in [6, 6.07) is 6.59. The molecule has 1 atom stereocenters. The molecule has 1 unspecified atom stereocenters. The van der Waals surface area contributed by atoms with E-state index in [0.717, 1.165) is 6.54 Å². The topological polar surface area (TPSA) is 43.7 Å². The van der Waals surface area contributed by atoms with Gasteiger partial charge in [-0.15, -0.1) is 0 Å². The van der Waals surface area contributed by atoms with Gasteiger partial charge in [0.15, 0.2) is 0 Å². The maximum Gasteiger partial charge on any atom is 0.0897 e. The molecule has 0 heterocycles. The first-order valence-corrected chi connectivity index (χ1v) is 6.81. The standard InChI is InChI=1S/C16H27NO2/c1-12-6-7-14(16(2,3)4)8-13(12)9-17(5)10-15(19)11-18/h6-8,15,18-19H,9-11H2,1-5H3. The highest BCUT2D eigenvalue weighted by molar-refractivity contribution is 5.34. The smallest absolute Gasteiger partial charge is 0.0897 e. The van der Waals surface area contributed by atoms with Gasteiger partial charge in [0.1, 0.15) is 0 Å². The molecule has 0 aliphatic rings. The monoisotopic (exact) mass is 265 g/mol. The van der Waals surface area contributed by atoms with E-state index in [0.29, 0.717) is 6.54 Å². The first kappa shape index (κ1) is 16.2. The minimum absolute atomic E-state index is 0.144. The maximum absolute atomic E-state index is 9.47. The predicted molar refractivity (Wildman–Crippen MR) is 79.3 cm³/mol. The minimum atomic E-state index is -0.670. The Bertz CT molecular complexity index is 410. The van der Waals surface area contributed by atoms with Crippen molar-refractivity contribution in [3.05, 3.63) is 34.9 Å². The van der Waals surface area contributed by atoms with Gasteiger partial charge in [-0.3, -0.25) is 4.90 Å². The quantitative estimate of drug-likeness (QED) is 0.856. The second-order valence-corrected chi connectivity index (χ2v) is 6.42. The van der Waals surface area contributed by atoms with E-state index in [1.165, 1.54) is 16.7 Å². The average molecular weight is 265 g/mol. The van der Waals surface area contributed by atoms with Gasteiger partial charge in [-0.1, -0.05) is 39.0 Å². The molecule has 0 aromatic heterocycles. The molecule has 2 N–H and O–H groups in total. The van der Waals surface area contributed by atoms with Gasteiger partial charge in [0.25, 0.3) is 0 Å². The van der Waals surface area contributed by atoms with E-state index in [4.69, 9.17) is 5.11 Å². The highest BCUT2D eigenvalue weighted by atomic mass is 16.3. The van der Waals surface area contributed by atoms with Crippen LogP contribution < -0.4 is 0 Å². The molecule has 0 spiro atoms. The first-order valence-electron chi connectivity index (χ1n) is 6.81. The number of aliphatic hydroxyl groups excluding tert-OH is 2. The van der Waals surface area contributed by atoms with Crippen molar-refractivity contribution in [1.29, 1.82) is 0 Å². The molecule has 1 aromatic rings. The van der Waals surface area contributed by atoms with E-state index in [1.54, 1.807) is 0 Å². The normalized spacial score (nSPS) is 13.9. The first-order chi connectivity index (χ1) is 8.74. The van der Waals surface area contributed by atoms with Gasteiger partial charge >= 0.3 is 0 Å². The van der Waals surface area contributed by atoms with Crippen LogP contribution >= 0.6 is 0 Å². The van der Waals surface area contributed by atoms with Crippen molar-refractivity contribution in [3.63, 3.8) is 0 Å². The summed E-state index contributed by atoms with van der Waals surface area (Å²) in [5.74, 6) is 0. The molecule has 0 bridgehead atoms. The van der Waals surface area contributed by atoms with Crippen LogP contribution in [0, 0.1) is 6.92 Å². The lowest BCUT2D eigenvalue weighted by Gasteiger charge is -2.24. The van der Waals surface area contributed by atoms with Crippen molar-refractivity contribution >= 4 is 0 Å². The van der Waals surface area contributed by atoms with Crippen LogP contribution in [-0.4, -0.2) is 41.4 Å². The van der Waals surface area contributed by atoms with Crippen LogP contribution in [0.1, 0.15) is 37.5 Å². The van der Waals surface area contributed by atoms with Gasteiger partial charge in [0.2, 0.25) is 0 Å². The Labute approximate surface area is 116 Å². The number of aryl methyl sites for hydroxylation is 1. The molecule has 0 aliphatic carbocycles. The zero-order valence-electron chi connectivity index (χ0n) is 12.8. The third-order valence-electron chi connectivity index (χ3n) is 3.39. The number of rotatable bonds is 5. The van der Waals surface area contributed by atoms with Crippen LogP contribution in [0.4, 0.5) is 0 Å². The van der Waals surface area contributed by atoms with Crippen molar-refractivity contribution in [2.24, 2.45) is 0 Å². The average Bonchev–Trinajstić information content (AvgIpc) is 2.30. The fraction of sp³-hybridized carbons (Fsp3) is 0.625. The molecule has 1 aromatic carbocycles. The van der Waals surface area contributed by atoms with E-state index in [9.17, 15) is 5.11 Å². The third-order valence-corrected chi connectivity index (χ3v) is 3.39. The lowest BCUT2D eigenvalue weighted by Crippen LogP contribution is -2.31. The molecule has 0 aliphatic heterocycles. The highest BCUT2D eigenvalue weighted by Gasteiger charge is 2.15. The van der Waals surface area contributed by atoms with Gasteiger partial charge in [-0.05, 0) is 36.1 Å². The molecular weight excluding hydrogens is 238 g/mol. The Kier molecular flexibility index (Phi) is 5.53. The number of nitrogens with zero attached hydrogens (tertiary/aromatic N) is 1. The summed E-state index contributed by atoms with van der Waals surface area (Å²) in [6.45, 7) is 9.81. The SMILES string of the molecule is Cc1ccc(C(C)(C)C)cc1CN(C)CC(O)CO. The molecule has 0 amide bonds. The Hall–Kier alpha value is -0.900. The van der Waals surface area contributed by atoms with Gasteiger partial charge in [0.05, 0.1) is 12.7 Å². The summed E-state index contributed by atoms with van der Waals surface area (Å²) in [4.78, 5) is 2.04. The predicted octanol–water partition coefficient (Wildman–Crippen LogP) is 2.08. The Morgan fingerprint density at radius 2 is 1.89 bits per heavy atom. The lowest BCUT2D eigenvalue weighted by molar-refractivity contribution is 0.0647. The van der Waals surface area contributed by atoms with Crippen LogP contribution in [0.25, 0.3) is 0 Å². The molecule has 19 heavy (non-hydrogen) atoms. The van der Waals surface area contributed by atoms with Gasteiger partial charge in [-0.25, -0.2) is 0 Å². The van der Waals surface area contributed by atoms with Crippen molar-refractivity contribution in [2.45, 2.75) is 45.8 Å². The van der Waals surface area contributed by atoms with E-state index in [-0.39, 0.29) is 12.0 Å². The molecule has 0 saturated carbocycles. The number of hydrogen-bond donors (Lipinski definition) is 2. The molecule has 0 radical (unpaired) electrons. The minimum Gasteiger partial charge on any atom is -0.394 e. The number of hydrogen-bond acceptors (Lipinski definition) is 3. The number of benzene rings is 1. The van der Waals surface area contributed by atoms with Crippen molar-refractivity contribution in [2.75, 3.05) is 20.2 Å². The molecule has 0 fully saturated rings. The fourth-order valence-electron chi connectivity index (χ4n) is 2.08. The van der Waals surface area contributed by atoms with Crippen molar-refractivity contribution < 1.29 is 10.2 Å². The summed E-state index contributed by atoms with van der Waals surface area (Å²) in [6.07, 6.45) is -0.670. The van der Waals surface area contributed by atoms with E-state index < -0.39 is 6.10 Å². The second kappa shape index (κ2) is 6.51. The van der Waals surface area contributed by atoms with Crippen LogP contribution in [-0.2, 0) is 12.0 Å². The van der Waals surface area contributed by atoms with E-state index >= 15 is 0 Å². The van der Waals surface area contributed by atoms with Crippen molar-refractivity contribution in [3.8, 4) is 0 Å². The summed E-state index contributed by atoms with van der Waals surface area (Å²) >= 11 is 0. The molecule has 3 nitrogen and oxygen atoms in total. The van der Waals surface area contributed by atoms with Gasteiger partial charge in [-0.2, -0.15) is 0 Å². The fourth-order valence-corrected chi connectivity index (χ4v) is 2.08. The largest absolute Gasteiger partial charge is 0.394 e. The number of aliphatic hydroxyl groups is 2. The molecule has 1 rings (SSSR count). The Balaban J connectivity index is 2.83. The molecule has 0 saturated heterocycles. The van der Waals surface area contributed by atoms with Crippen LogP contribution in [0.5, 0.6) is 0 Å². The Morgan fingerprint density at radius 3 is 2.42 bits per heavy atom. The third kappa shape index (κ3) is 4.94. The van der Waals surface area contributed by atoms with Crippen LogP contribution in [0.2, 0.25) is 0 Å². The summed E-state index contributed by atoms with van der Waals surface area (Å²) in [5, 5.41) is 18.3. The Morgan fingerprint density at radius 1 is 1.26 bits per heavy atom. The zero-order chi connectivity index (χ0) is 14.6. The summed E-state index contributed by atoms with van der Waals surface area (Å²) in [5.41, 5.74) is 4.01. The molecular formula is C16H27NO2. The molecule has 3 heteroatoms. The van der Waals surface area contributed by atoms with Crippen molar-refractivity contribution in [1.82, 2.24) is 4.90 Å². The summed E-state index contributed by atoms with van der Waals surface area (Å²) in [7, 11) is 1.96. The summed E-state index contributed by atoms with van der Waals surface area (Å²) < 4.78 is 0. The zero-order valence-corrected chi connectivity index (χ0v) is 12.8. The molecule has 108 valence electrons. The van der Waals surface area contributed by atoms with Crippen LogP contribution in [0.3, 0.4) is 0 Å². The maximum atomic E-state index is 9.47. The van der Waals surface area contributed by atoms with Crippen LogP contribution in [0.15, 0.2) is 18.2 Å². The van der Waals surface area contributed by atoms with E-state index in [1.807, 2.05) is 11.9 Å². The second-order valence-electron chi connectivity index (χ2n) is 6.42.